The summed E-state index contributed by atoms with van der Waals surface area (Å²) >= 11 is 0. The van der Waals surface area contributed by atoms with Crippen LogP contribution >= 0.6 is 0 Å². The van der Waals surface area contributed by atoms with Crippen LogP contribution in [0.5, 0.6) is 0 Å². The maximum atomic E-state index is 12.2. The molecule has 0 N–H and O–H groups in total. The Hall–Kier alpha value is -2.24. The summed E-state index contributed by atoms with van der Waals surface area (Å²) in [6.07, 6.45) is 0.471. The van der Waals surface area contributed by atoms with Gasteiger partial charge in [0.05, 0.1) is 0 Å². The van der Waals surface area contributed by atoms with Gasteiger partial charge in [-0.25, -0.2) is 9.59 Å². The van der Waals surface area contributed by atoms with Crippen molar-refractivity contribution in [2.45, 2.75) is 39.4 Å². The van der Waals surface area contributed by atoms with Crippen LogP contribution < -0.4 is 0 Å². The summed E-state index contributed by atoms with van der Waals surface area (Å²) < 4.78 is 10.8. The van der Waals surface area contributed by atoms with E-state index < -0.39 is 5.60 Å². The number of likely N-dealkylation sites (tertiary alicyclic amines) is 2. The molecule has 142 valence electrons. The van der Waals surface area contributed by atoms with Crippen molar-refractivity contribution in [3.8, 4) is 0 Å². The van der Waals surface area contributed by atoms with Crippen LogP contribution in [0.25, 0.3) is 0 Å². The summed E-state index contributed by atoms with van der Waals surface area (Å²) in [4.78, 5) is 27.8. The highest BCUT2D eigenvalue weighted by Crippen LogP contribution is 2.32. The SMILES string of the molecule is CC(C)(C)OC(=O)N1CC([C@@H]2CCN(C(=O)OCc3ccccc3)C2)C1. The summed E-state index contributed by atoms with van der Waals surface area (Å²) in [7, 11) is 0. The largest absolute Gasteiger partial charge is 0.445 e. The molecule has 0 unspecified atom stereocenters. The standard InChI is InChI=1S/C20H28N2O4/c1-20(2,3)26-19(24)22-12-17(13-22)16-9-10-21(11-16)18(23)25-14-15-7-5-4-6-8-15/h4-8,16-17H,9-14H2,1-3H3/t16-/m1/s1. The fraction of sp³-hybridized carbons (Fsp3) is 0.600. The first-order chi connectivity index (χ1) is 12.3. The van der Waals surface area contributed by atoms with E-state index in [1.807, 2.05) is 51.1 Å². The van der Waals surface area contributed by atoms with E-state index in [0.717, 1.165) is 18.5 Å². The number of benzene rings is 1. The van der Waals surface area contributed by atoms with Crippen molar-refractivity contribution in [2.75, 3.05) is 26.2 Å². The highest BCUT2D eigenvalue weighted by Gasteiger charge is 2.41. The first-order valence-corrected chi connectivity index (χ1v) is 9.25. The maximum absolute atomic E-state index is 12.2. The number of amides is 2. The molecule has 0 aromatic heterocycles. The summed E-state index contributed by atoms with van der Waals surface area (Å²) in [5.41, 5.74) is 0.526. The van der Waals surface area contributed by atoms with Crippen molar-refractivity contribution in [3.05, 3.63) is 35.9 Å². The highest BCUT2D eigenvalue weighted by molar-refractivity contribution is 5.69. The molecule has 2 fully saturated rings. The molecule has 0 spiro atoms. The molecule has 2 saturated heterocycles. The van der Waals surface area contributed by atoms with Crippen LogP contribution in [0.1, 0.15) is 32.8 Å². The minimum Gasteiger partial charge on any atom is -0.445 e. The van der Waals surface area contributed by atoms with Crippen LogP contribution in [0.4, 0.5) is 9.59 Å². The molecule has 1 aromatic carbocycles. The molecule has 0 aliphatic carbocycles. The Labute approximate surface area is 155 Å². The molecule has 26 heavy (non-hydrogen) atoms. The van der Waals surface area contributed by atoms with E-state index in [1.54, 1.807) is 9.80 Å². The van der Waals surface area contributed by atoms with Crippen LogP contribution in [0.3, 0.4) is 0 Å². The predicted octanol–water partition coefficient (Wildman–Crippen LogP) is 3.51. The number of carbonyl (C=O) groups excluding carboxylic acids is 2. The Balaban J connectivity index is 1.39. The number of ether oxygens (including phenoxy) is 2. The molecule has 3 rings (SSSR count). The topological polar surface area (TPSA) is 59.1 Å². The first kappa shape index (κ1) is 18.5. The second kappa shape index (κ2) is 7.56. The lowest BCUT2D eigenvalue weighted by Gasteiger charge is -2.42. The van der Waals surface area contributed by atoms with Gasteiger partial charge >= 0.3 is 12.2 Å². The van der Waals surface area contributed by atoms with E-state index in [4.69, 9.17) is 9.47 Å². The third-order valence-electron chi connectivity index (χ3n) is 4.92. The van der Waals surface area contributed by atoms with Crippen molar-refractivity contribution in [1.29, 1.82) is 0 Å². The Bertz CT molecular complexity index is 635. The van der Waals surface area contributed by atoms with E-state index in [1.165, 1.54) is 0 Å². The molecule has 2 heterocycles. The fourth-order valence-electron chi connectivity index (χ4n) is 3.43. The smallest absolute Gasteiger partial charge is 0.410 e. The van der Waals surface area contributed by atoms with Gasteiger partial charge in [-0.05, 0) is 44.6 Å². The van der Waals surface area contributed by atoms with E-state index in [9.17, 15) is 9.59 Å². The second-order valence-electron chi connectivity index (χ2n) is 8.18. The number of hydrogen-bond acceptors (Lipinski definition) is 4. The predicted molar refractivity (Wildman–Crippen MR) is 97.6 cm³/mol. The minimum atomic E-state index is -0.463. The van der Waals surface area contributed by atoms with Crippen molar-refractivity contribution in [2.24, 2.45) is 11.8 Å². The number of rotatable bonds is 3. The van der Waals surface area contributed by atoms with Gasteiger partial charge in [-0.3, -0.25) is 0 Å². The van der Waals surface area contributed by atoms with Crippen LogP contribution in [-0.2, 0) is 16.1 Å². The normalized spacial score (nSPS) is 20.7. The lowest BCUT2D eigenvalue weighted by atomic mass is 9.85. The molecule has 0 radical (unpaired) electrons. The summed E-state index contributed by atoms with van der Waals surface area (Å²) in [5.74, 6) is 0.868. The Morgan fingerprint density at radius 1 is 1.00 bits per heavy atom. The highest BCUT2D eigenvalue weighted by atomic mass is 16.6. The fourth-order valence-corrected chi connectivity index (χ4v) is 3.43. The van der Waals surface area contributed by atoms with E-state index in [-0.39, 0.29) is 12.2 Å². The van der Waals surface area contributed by atoms with Gasteiger partial charge in [0.25, 0.3) is 0 Å². The zero-order chi connectivity index (χ0) is 18.7. The third-order valence-corrected chi connectivity index (χ3v) is 4.92. The van der Waals surface area contributed by atoms with Crippen LogP contribution in [0.15, 0.2) is 30.3 Å². The average molecular weight is 360 g/mol. The third kappa shape index (κ3) is 4.68. The van der Waals surface area contributed by atoms with E-state index in [2.05, 4.69) is 0 Å². The van der Waals surface area contributed by atoms with Gasteiger partial charge in [0.1, 0.15) is 12.2 Å². The van der Waals surface area contributed by atoms with Gasteiger partial charge in [-0.1, -0.05) is 30.3 Å². The molecule has 6 nitrogen and oxygen atoms in total. The lowest BCUT2D eigenvalue weighted by Crippen LogP contribution is -2.54. The minimum absolute atomic E-state index is 0.245. The molecule has 0 saturated carbocycles. The van der Waals surface area contributed by atoms with Crippen LogP contribution in [0.2, 0.25) is 0 Å². The van der Waals surface area contributed by atoms with Crippen molar-refractivity contribution in [1.82, 2.24) is 9.80 Å². The van der Waals surface area contributed by atoms with E-state index in [0.29, 0.717) is 38.1 Å². The van der Waals surface area contributed by atoms with Crippen LogP contribution in [0, 0.1) is 11.8 Å². The van der Waals surface area contributed by atoms with Gasteiger partial charge in [0.15, 0.2) is 0 Å². The second-order valence-corrected chi connectivity index (χ2v) is 8.18. The van der Waals surface area contributed by atoms with Crippen molar-refractivity contribution >= 4 is 12.2 Å². The molecule has 2 aliphatic heterocycles. The molecule has 0 bridgehead atoms. The Morgan fingerprint density at radius 2 is 1.65 bits per heavy atom. The number of nitrogens with zero attached hydrogens (tertiary/aromatic N) is 2. The lowest BCUT2D eigenvalue weighted by molar-refractivity contribution is -0.0102. The van der Waals surface area contributed by atoms with Crippen molar-refractivity contribution in [3.63, 3.8) is 0 Å². The van der Waals surface area contributed by atoms with Gasteiger partial charge in [0, 0.05) is 26.2 Å². The van der Waals surface area contributed by atoms with Gasteiger partial charge in [-0.15, -0.1) is 0 Å². The Kier molecular flexibility index (Phi) is 5.39. The Morgan fingerprint density at radius 3 is 2.31 bits per heavy atom. The number of carbonyl (C=O) groups is 2. The molecular formula is C20H28N2O4. The quantitative estimate of drug-likeness (QED) is 0.828. The molecule has 2 amide bonds. The summed E-state index contributed by atoms with van der Waals surface area (Å²) in [6, 6.07) is 9.69. The molecule has 2 aliphatic rings. The monoisotopic (exact) mass is 360 g/mol. The number of hydrogen-bond donors (Lipinski definition) is 0. The van der Waals surface area contributed by atoms with Crippen molar-refractivity contribution < 1.29 is 19.1 Å². The first-order valence-electron chi connectivity index (χ1n) is 9.25. The summed E-state index contributed by atoms with van der Waals surface area (Å²) in [6.45, 7) is 8.78. The van der Waals surface area contributed by atoms with E-state index >= 15 is 0 Å². The zero-order valence-corrected chi connectivity index (χ0v) is 15.8. The zero-order valence-electron chi connectivity index (χ0n) is 15.8. The molecule has 1 aromatic rings. The van der Waals surface area contributed by atoms with Crippen LogP contribution in [-0.4, -0.2) is 53.8 Å². The van der Waals surface area contributed by atoms with Gasteiger partial charge in [0.2, 0.25) is 0 Å². The molecular weight excluding hydrogens is 332 g/mol. The van der Waals surface area contributed by atoms with Gasteiger partial charge in [-0.2, -0.15) is 0 Å². The van der Waals surface area contributed by atoms with Gasteiger partial charge < -0.3 is 19.3 Å². The summed E-state index contributed by atoms with van der Waals surface area (Å²) in [5, 5.41) is 0. The maximum Gasteiger partial charge on any atom is 0.410 e. The molecule has 1 atom stereocenters. The average Bonchev–Trinajstić information content (AvgIpc) is 3.00. The molecule has 6 heteroatoms.